The fraction of sp³-hybridized carbons (Fsp3) is 0.364. The SMILES string of the molecule is [B]c1ccc(C)c2c1N[C@H](C)CC(=O)N2. The maximum atomic E-state index is 11.5. The number of aryl methyl sites for hydroxylation is 1. The zero-order valence-electron chi connectivity index (χ0n) is 8.92. The molecule has 1 amide bonds. The van der Waals surface area contributed by atoms with Crippen LogP contribution in [0.5, 0.6) is 0 Å². The molecule has 1 atom stereocenters. The first-order chi connectivity index (χ1) is 7.08. The van der Waals surface area contributed by atoms with Crippen LogP contribution in [0.25, 0.3) is 0 Å². The van der Waals surface area contributed by atoms with Crippen molar-refractivity contribution in [1.82, 2.24) is 0 Å². The van der Waals surface area contributed by atoms with Crippen LogP contribution in [-0.2, 0) is 4.79 Å². The zero-order valence-corrected chi connectivity index (χ0v) is 8.92. The van der Waals surface area contributed by atoms with Gasteiger partial charge in [-0.1, -0.05) is 17.6 Å². The number of anilines is 2. The fourth-order valence-electron chi connectivity index (χ4n) is 1.81. The van der Waals surface area contributed by atoms with Crippen molar-refractivity contribution in [3.8, 4) is 0 Å². The molecule has 4 heteroatoms. The molecule has 2 radical (unpaired) electrons. The number of rotatable bonds is 0. The zero-order chi connectivity index (χ0) is 11.0. The first-order valence-electron chi connectivity index (χ1n) is 5.03. The summed E-state index contributed by atoms with van der Waals surface area (Å²) in [5.41, 5.74) is 3.34. The highest BCUT2D eigenvalue weighted by atomic mass is 16.1. The average molecular weight is 200 g/mol. The summed E-state index contributed by atoms with van der Waals surface area (Å²) in [7, 11) is 5.87. The van der Waals surface area contributed by atoms with Crippen molar-refractivity contribution in [1.29, 1.82) is 0 Å². The molecular formula is C11H13BN2O. The van der Waals surface area contributed by atoms with Crippen LogP contribution in [0, 0.1) is 6.92 Å². The van der Waals surface area contributed by atoms with E-state index in [-0.39, 0.29) is 11.9 Å². The van der Waals surface area contributed by atoms with Crippen molar-refractivity contribution >= 4 is 30.6 Å². The Morgan fingerprint density at radius 1 is 1.40 bits per heavy atom. The molecule has 1 aromatic rings. The molecule has 0 saturated carbocycles. The summed E-state index contributed by atoms with van der Waals surface area (Å²) in [6.07, 6.45) is 0.466. The Morgan fingerprint density at radius 3 is 2.87 bits per heavy atom. The Bertz CT molecular complexity index is 417. The van der Waals surface area contributed by atoms with Crippen molar-refractivity contribution in [3.63, 3.8) is 0 Å². The Hall–Kier alpha value is -1.45. The summed E-state index contributed by atoms with van der Waals surface area (Å²) in [5.74, 6) is 0.0300. The minimum atomic E-state index is 0.0300. The molecule has 0 aliphatic carbocycles. The van der Waals surface area contributed by atoms with E-state index in [0.717, 1.165) is 16.9 Å². The van der Waals surface area contributed by atoms with Gasteiger partial charge in [0.05, 0.1) is 11.4 Å². The second-order valence-electron chi connectivity index (χ2n) is 4.02. The van der Waals surface area contributed by atoms with Crippen LogP contribution in [0.1, 0.15) is 18.9 Å². The molecule has 76 valence electrons. The number of hydrogen-bond donors (Lipinski definition) is 2. The standard InChI is InChI=1S/C11H13BN2O/c1-6-3-4-8(12)11-10(6)14-9(15)5-7(2)13-11/h3-4,7,13H,5H2,1-2H3,(H,14,15)/t7-/m1/s1. The van der Waals surface area contributed by atoms with E-state index in [1.54, 1.807) is 0 Å². The van der Waals surface area contributed by atoms with E-state index in [2.05, 4.69) is 10.6 Å². The highest BCUT2D eigenvalue weighted by Gasteiger charge is 2.19. The molecule has 15 heavy (non-hydrogen) atoms. The van der Waals surface area contributed by atoms with Crippen LogP contribution in [0.3, 0.4) is 0 Å². The van der Waals surface area contributed by atoms with Crippen molar-refractivity contribution in [2.24, 2.45) is 0 Å². The number of carbonyl (C=O) groups excluding carboxylic acids is 1. The molecule has 0 aromatic heterocycles. The molecule has 2 rings (SSSR count). The monoisotopic (exact) mass is 200 g/mol. The highest BCUT2D eigenvalue weighted by Crippen LogP contribution is 2.27. The van der Waals surface area contributed by atoms with E-state index in [4.69, 9.17) is 7.85 Å². The van der Waals surface area contributed by atoms with Gasteiger partial charge in [-0.25, -0.2) is 0 Å². The lowest BCUT2D eigenvalue weighted by molar-refractivity contribution is -0.116. The Kier molecular flexibility index (Phi) is 2.43. The molecule has 1 aliphatic heterocycles. The van der Waals surface area contributed by atoms with Crippen molar-refractivity contribution in [2.45, 2.75) is 26.3 Å². The maximum absolute atomic E-state index is 11.5. The summed E-state index contributed by atoms with van der Waals surface area (Å²) < 4.78 is 0. The van der Waals surface area contributed by atoms with Gasteiger partial charge in [0.1, 0.15) is 7.85 Å². The molecule has 0 spiro atoms. The van der Waals surface area contributed by atoms with E-state index in [1.807, 2.05) is 26.0 Å². The van der Waals surface area contributed by atoms with E-state index in [9.17, 15) is 4.79 Å². The topological polar surface area (TPSA) is 41.1 Å². The summed E-state index contributed by atoms with van der Waals surface area (Å²) in [6, 6.07) is 3.87. The number of carbonyl (C=O) groups is 1. The lowest BCUT2D eigenvalue weighted by atomic mass is 9.91. The van der Waals surface area contributed by atoms with Gasteiger partial charge in [0.25, 0.3) is 0 Å². The van der Waals surface area contributed by atoms with Crippen LogP contribution in [-0.4, -0.2) is 19.8 Å². The maximum Gasteiger partial charge on any atom is 0.226 e. The number of amides is 1. The van der Waals surface area contributed by atoms with Crippen LogP contribution in [0.2, 0.25) is 0 Å². The van der Waals surface area contributed by atoms with Crippen LogP contribution >= 0.6 is 0 Å². The minimum absolute atomic E-state index is 0.0300. The Balaban J connectivity index is 2.54. The Labute approximate surface area is 90.7 Å². The summed E-state index contributed by atoms with van der Waals surface area (Å²) in [4.78, 5) is 11.5. The summed E-state index contributed by atoms with van der Waals surface area (Å²) in [5, 5.41) is 6.13. The number of hydrogen-bond acceptors (Lipinski definition) is 2. The number of benzene rings is 1. The van der Waals surface area contributed by atoms with Crippen molar-refractivity contribution in [2.75, 3.05) is 10.6 Å². The van der Waals surface area contributed by atoms with Gasteiger partial charge in [-0.15, -0.1) is 0 Å². The molecule has 0 fully saturated rings. The second-order valence-corrected chi connectivity index (χ2v) is 4.02. The molecule has 2 N–H and O–H groups in total. The van der Waals surface area contributed by atoms with E-state index in [0.29, 0.717) is 11.9 Å². The molecule has 1 aliphatic rings. The van der Waals surface area contributed by atoms with Gasteiger partial charge in [0.2, 0.25) is 5.91 Å². The van der Waals surface area contributed by atoms with Gasteiger partial charge in [-0.3, -0.25) is 4.79 Å². The van der Waals surface area contributed by atoms with Crippen molar-refractivity contribution in [3.05, 3.63) is 17.7 Å². The number of nitrogens with one attached hydrogen (secondary N) is 2. The molecule has 0 bridgehead atoms. The lowest BCUT2D eigenvalue weighted by Crippen LogP contribution is -2.21. The quantitative estimate of drug-likeness (QED) is 0.611. The van der Waals surface area contributed by atoms with E-state index in [1.165, 1.54) is 0 Å². The molecular weight excluding hydrogens is 187 g/mol. The average Bonchev–Trinajstić information content (AvgIpc) is 2.31. The van der Waals surface area contributed by atoms with Gasteiger partial charge < -0.3 is 10.6 Å². The predicted octanol–water partition coefficient (Wildman–Crippen LogP) is 0.931. The van der Waals surface area contributed by atoms with Gasteiger partial charge >= 0.3 is 0 Å². The second kappa shape index (κ2) is 3.61. The first-order valence-corrected chi connectivity index (χ1v) is 5.03. The molecule has 0 saturated heterocycles. The predicted molar refractivity (Wildman–Crippen MR) is 62.9 cm³/mol. The first kappa shape index (κ1) is 10.1. The lowest BCUT2D eigenvalue weighted by Gasteiger charge is -2.16. The third-order valence-corrected chi connectivity index (χ3v) is 2.59. The minimum Gasteiger partial charge on any atom is -0.381 e. The fourth-order valence-corrected chi connectivity index (χ4v) is 1.81. The molecule has 1 heterocycles. The smallest absolute Gasteiger partial charge is 0.226 e. The molecule has 0 unspecified atom stereocenters. The van der Waals surface area contributed by atoms with Crippen molar-refractivity contribution < 1.29 is 4.79 Å². The van der Waals surface area contributed by atoms with Gasteiger partial charge in [0, 0.05) is 12.5 Å². The molecule has 3 nitrogen and oxygen atoms in total. The number of fused-ring (bicyclic) bond motifs is 1. The molecule has 1 aromatic carbocycles. The third kappa shape index (κ3) is 1.84. The highest BCUT2D eigenvalue weighted by molar-refractivity contribution is 6.37. The van der Waals surface area contributed by atoms with Crippen LogP contribution < -0.4 is 16.1 Å². The third-order valence-electron chi connectivity index (χ3n) is 2.59. The van der Waals surface area contributed by atoms with E-state index < -0.39 is 0 Å². The Morgan fingerprint density at radius 2 is 2.13 bits per heavy atom. The van der Waals surface area contributed by atoms with Crippen LogP contribution in [0.15, 0.2) is 12.1 Å². The normalized spacial score (nSPS) is 19.9. The van der Waals surface area contributed by atoms with E-state index >= 15 is 0 Å². The van der Waals surface area contributed by atoms with Gasteiger partial charge in [-0.05, 0) is 19.4 Å². The summed E-state index contributed by atoms with van der Waals surface area (Å²) in [6.45, 7) is 3.92. The van der Waals surface area contributed by atoms with Gasteiger partial charge in [0.15, 0.2) is 0 Å². The van der Waals surface area contributed by atoms with Gasteiger partial charge in [-0.2, -0.15) is 0 Å². The largest absolute Gasteiger partial charge is 0.381 e. The summed E-state index contributed by atoms with van der Waals surface area (Å²) >= 11 is 0. The van der Waals surface area contributed by atoms with Crippen LogP contribution in [0.4, 0.5) is 11.4 Å².